The molecular weight excluding hydrogens is 288 g/mol. The summed E-state index contributed by atoms with van der Waals surface area (Å²) in [6, 6.07) is 6.96. The highest BCUT2D eigenvalue weighted by atomic mass is 32.2. The van der Waals surface area contributed by atoms with E-state index in [4.69, 9.17) is 4.74 Å². The van der Waals surface area contributed by atoms with E-state index in [1.54, 1.807) is 12.1 Å². The van der Waals surface area contributed by atoms with Gasteiger partial charge in [-0.3, -0.25) is 0 Å². The maximum Gasteiger partial charge on any atom is 0.240 e. The van der Waals surface area contributed by atoms with Crippen LogP contribution in [0.2, 0.25) is 0 Å². The molecule has 1 fully saturated rings. The Kier molecular flexibility index (Phi) is 5.75. The molecule has 6 heteroatoms. The Hall–Kier alpha value is -0.950. The molecule has 2 unspecified atom stereocenters. The van der Waals surface area contributed by atoms with Gasteiger partial charge in [0.15, 0.2) is 0 Å². The predicted octanol–water partition coefficient (Wildman–Crippen LogP) is 1.50. The first-order valence-electron chi connectivity index (χ1n) is 7.41. The minimum atomic E-state index is -3.44. The van der Waals surface area contributed by atoms with Crippen LogP contribution in [0.3, 0.4) is 0 Å². The zero-order valence-electron chi connectivity index (χ0n) is 12.6. The van der Waals surface area contributed by atoms with Gasteiger partial charge in [0.05, 0.1) is 11.0 Å². The lowest BCUT2D eigenvalue weighted by molar-refractivity contribution is 0.0884. The van der Waals surface area contributed by atoms with Crippen molar-refractivity contribution >= 4 is 10.0 Å². The molecule has 0 amide bonds. The molecule has 118 valence electrons. The highest BCUT2D eigenvalue weighted by Crippen LogP contribution is 2.23. The second-order valence-corrected chi connectivity index (χ2v) is 7.16. The summed E-state index contributed by atoms with van der Waals surface area (Å²) in [6.45, 7) is 3.96. The molecule has 0 aliphatic carbocycles. The van der Waals surface area contributed by atoms with E-state index in [-0.39, 0.29) is 12.0 Å². The maximum atomic E-state index is 12.3. The molecular formula is C15H24N2O3S. The largest absolute Gasteiger partial charge is 0.378 e. The number of hydrogen-bond donors (Lipinski definition) is 2. The van der Waals surface area contributed by atoms with Crippen LogP contribution < -0.4 is 10.0 Å². The van der Waals surface area contributed by atoms with Crippen LogP contribution in [0.15, 0.2) is 29.2 Å². The fourth-order valence-corrected chi connectivity index (χ4v) is 3.76. The lowest BCUT2D eigenvalue weighted by Crippen LogP contribution is -2.32. The van der Waals surface area contributed by atoms with Gasteiger partial charge in [0.25, 0.3) is 0 Å². The van der Waals surface area contributed by atoms with Gasteiger partial charge in [0, 0.05) is 25.6 Å². The highest BCUT2D eigenvalue weighted by Gasteiger charge is 2.28. The van der Waals surface area contributed by atoms with Crippen molar-refractivity contribution < 1.29 is 13.2 Å². The van der Waals surface area contributed by atoms with Gasteiger partial charge in [-0.25, -0.2) is 13.1 Å². The molecule has 0 aromatic heterocycles. The number of hydrogen-bond acceptors (Lipinski definition) is 4. The van der Waals surface area contributed by atoms with E-state index in [1.807, 2.05) is 19.2 Å². The van der Waals surface area contributed by atoms with Crippen LogP contribution >= 0.6 is 0 Å². The second-order valence-electron chi connectivity index (χ2n) is 5.39. The summed E-state index contributed by atoms with van der Waals surface area (Å²) in [5, 5.41) is 3.04. The van der Waals surface area contributed by atoms with E-state index in [2.05, 4.69) is 17.0 Å². The van der Waals surface area contributed by atoms with Crippen LogP contribution in [0.5, 0.6) is 0 Å². The molecule has 1 saturated heterocycles. The number of nitrogens with one attached hydrogen (secondary N) is 2. The molecule has 2 N–H and O–H groups in total. The highest BCUT2D eigenvalue weighted by molar-refractivity contribution is 7.89. The number of sulfonamides is 1. The van der Waals surface area contributed by atoms with E-state index in [0.717, 1.165) is 31.6 Å². The van der Waals surface area contributed by atoms with Gasteiger partial charge in [-0.2, -0.15) is 0 Å². The van der Waals surface area contributed by atoms with Gasteiger partial charge in [-0.1, -0.05) is 19.1 Å². The normalized spacial score (nSPS) is 22.6. The molecule has 0 bridgehead atoms. The van der Waals surface area contributed by atoms with Crippen molar-refractivity contribution in [2.75, 3.05) is 20.2 Å². The van der Waals surface area contributed by atoms with Crippen molar-refractivity contribution in [3.05, 3.63) is 29.8 Å². The smallest absolute Gasteiger partial charge is 0.240 e. The molecule has 1 aliphatic heterocycles. The van der Waals surface area contributed by atoms with Crippen molar-refractivity contribution in [3.63, 3.8) is 0 Å². The molecule has 0 spiro atoms. The standard InChI is InChI=1S/C15H24N2O3S/c1-3-15-13(8-9-20-15)11-17-21(18,19)14-6-4-12(5-7-14)10-16-2/h4-7,13,15-17H,3,8-11H2,1-2H3. The Labute approximate surface area is 127 Å². The molecule has 2 rings (SSSR count). The van der Waals surface area contributed by atoms with Gasteiger partial charge < -0.3 is 10.1 Å². The van der Waals surface area contributed by atoms with Gasteiger partial charge in [0.1, 0.15) is 0 Å². The molecule has 0 saturated carbocycles. The fraction of sp³-hybridized carbons (Fsp3) is 0.600. The van der Waals surface area contributed by atoms with Crippen molar-refractivity contribution in [1.29, 1.82) is 0 Å². The van der Waals surface area contributed by atoms with E-state index < -0.39 is 10.0 Å². The number of benzene rings is 1. The lowest BCUT2D eigenvalue weighted by Gasteiger charge is -2.17. The lowest BCUT2D eigenvalue weighted by atomic mass is 10.0. The molecule has 1 heterocycles. The van der Waals surface area contributed by atoms with Crippen LogP contribution in [0.1, 0.15) is 25.3 Å². The maximum absolute atomic E-state index is 12.3. The Morgan fingerprint density at radius 3 is 2.62 bits per heavy atom. The molecule has 1 aromatic rings. The Bertz CT molecular complexity index is 543. The third-order valence-electron chi connectivity index (χ3n) is 3.90. The first-order chi connectivity index (χ1) is 10.1. The summed E-state index contributed by atoms with van der Waals surface area (Å²) < 4.78 is 32.9. The van der Waals surface area contributed by atoms with E-state index in [0.29, 0.717) is 11.4 Å². The molecule has 5 nitrogen and oxygen atoms in total. The first kappa shape index (κ1) is 16.4. The minimum Gasteiger partial charge on any atom is -0.378 e. The predicted molar refractivity (Wildman–Crippen MR) is 82.5 cm³/mol. The zero-order valence-corrected chi connectivity index (χ0v) is 13.4. The van der Waals surface area contributed by atoms with Crippen LogP contribution in [0.4, 0.5) is 0 Å². The summed E-state index contributed by atoms with van der Waals surface area (Å²) in [6.07, 6.45) is 2.01. The third kappa shape index (κ3) is 4.26. The first-order valence-corrected chi connectivity index (χ1v) is 8.90. The topological polar surface area (TPSA) is 67.4 Å². The summed E-state index contributed by atoms with van der Waals surface area (Å²) in [7, 11) is -1.58. The Morgan fingerprint density at radius 1 is 1.29 bits per heavy atom. The summed E-state index contributed by atoms with van der Waals surface area (Å²) >= 11 is 0. The van der Waals surface area contributed by atoms with Crippen LogP contribution in [-0.4, -0.2) is 34.7 Å². The SMILES string of the molecule is CCC1OCCC1CNS(=O)(=O)c1ccc(CNC)cc1. The van der Waals surface area contributed by atoms with Gasteiger partial charge in [-0.15, -0.1) is 0 Å². The quantitative estimate of drug-likeness (QED) is 0.801. The second kappa shape index (κ2) is 7.35. The number of rotatable bonds is 7. The number of ether oxygens (including phenoxy) is 1. The average Bonchev–Trinajstić information content (AvgIpc) is 2.94. The van der Waals surface area contributed by atoms with Gasteiger partial charge in [-0.05, 0) is 37.6 Å². The van der Waals surface area contributed by atoms with E-state index in [9.17, 15) is 8.42 Å². The zero-order chi connectivity index (χ0) is 15.3. The van der Waals surface area contributed by atoms with Crippen LogP contribution in [0, 0.1) is 5.92 Å². The molecule has 1 aromatic carbocycles. The van der Waals surface area contributed by atoms with E-state index in [1.165, 1.54) is 0 Å². The monoisotopic (exact) mass is 312 g/mol. The van der Waals surface area contributed by atoms with Crippen LogP contribution in [-0.2, 0) is 21.3 Å². The van der Waals surface area contributed by atoms with Gasteiger partial charge >= 0.3 is 0 Å². The van der Waals surface area contributed by atoms with Crippen molar-refractivity contribution in [2.45, 2.75) is 37.3 Å². The van der Waals surface area contributed by atoms with Crippen molar-refractivity contribution in [2.24, 2.45) is 5.92 Å². The van der Waals surface area contributed by atoms with Crippen molar-refractivity contribution in [1.82, 2.24) is 10.0 Å². The fourth-order valence-electron chi connectivity index (χ4n) is 2.67. The Morgan fingerprint density at radius 2 is 2.00 bits per heavy atom. The summed E-state index contributed by atoms with van der Waals surface area (Å²) in [4.78, 5) is 0.314. The minimum absolute atomic E-state index is 0.172. The van der Waals surface area contributed by atoms with Crippen LogP contribution in [0.25, 0.3) is 0 Å². The Balaban J connectivity index is 1.97. The summed E-state index contributed by atoms with van der Waals surface area (Å²) in [5.74, 6) is 0.272. The van der Waals surface area contributed by atoms with Gasteiger partial charge in [0.2, 0.25) is 10.0 Å². The third-order valence-corrected chi connectivity index (χ3v) is 5.34. The van der Waals surface area contributed by atoms with E-state index >= 15 is 0 Å². The molecule has 1 aliphatic rings. The summed E-state index contributed by atoms with van der Waals surface area (Å²) in [5.41, 5.74) is 1.06. The van der Waals surface area contributed by atoms with Crippen molar-refractivity contribution in [3.8, 4) is 0 Å². The average molecular weight is 312 g/mol. The molecule has 0 radical (unpaired) electrons. The molecule has 21 heavy (non-hydrogen) atoms. The molecule has 2 atom stereocenters.